The Morgan fingerprint density at radius 2 is 1.52 bits per heavy atom. The first kappa shape index (κ1) is 23.1. The van der Waals surface area contributed by atoms with E-state index in [9.17, 15) is 27.6 Å². The maximum absolute atomic E-state index is 13.3. The van der Waals surface area contributed by atoms with Crippen molar-refractivity contribution in [2.75, 3.05) is 37.6 Å². The Labute approximate surface area is 193 Å². The lowest BCUT2D eigenvalue weighted by molar-refractivity contribution is -0.138. The third kappa shape index (κ3) is 4.68. The normalized spacial score (nSPS) is 19.2. The molecule has 10 heteroatoms. The minimum Gasteiger partial charge on any atom is -0.339 e. The monoisotopic (exact) mass is 479 g/mol. The highest BCUT2D eigenvalue weighted by Crippen LogP contribution is 2.33. The van der Waals surface area contributed by atoms with Gasteiger partial charge in [-0.3, -0.25) is 14.4 Å². The summed E-state index contributed by atoms with van der Waals surface area (Å²) in [6.45, 7) is 0.821. The highest BCUT2D eigenvalue weighted by molar-refractivity contribution is 6.33. The van der Waals surface area contributed by atoms with Crippen molar-refractivity contribution in [3.05, 3.63) is 64.7 Å². The third-order valence-electron chi connectivity index (χ3n) is 5.96. The van der Waals surface area contributed by atoms with Crippen LogP contribution in [0, 0.1) is 5.92 Å². The minimum absolute atomic E-state index is 0.0577. The van der Waals surface area contributed by atoms with Gasteiger partial charge < -0.3 is 14.7 Å². The fraction of sp³-hybridized carbons (Fsp3) is 0.348. The van der Waals surface area contributed by atoms with Crippen LogP contribution in [0.3, 0.4) is 0 Å². The lowest BCUT2D eigenvalue weighted by Gasteiger charge is -2.36. The molecule has 0 spiro atoms. The zero-order valence-electron chi connectivity index (χ0n) is 17.5. The average Bonchev–Trinajstić information content (AvgIpc) is 3.19. The highest BCUT2D eigenvalue weighted by atomic mass is 35.5. The molecule has 2 aliphatic heterocycles. The first-order valence-electron chi connectivity index (χ1n) is 10.5. The molecule has 3 amide bonds. The van der Waals surface area contributed by atoms with E-state index in [4.69, 9.17) is 11.6 Å². The second-order valence-corrected chi connectivity index (χ2v) is 8.42. The van der Waals surface area contributed by atoms with Crippen molar-refractivity contribution >= 4 is 35.0 Å². The van der Waals surface area contributed by atoms with Crippen molar-refractivity contribution in [1.82, 2.24) is 9.80 Å². The molecule has 6 nitrogen and oxygen atoms in total. The molecule has 1 unspecified atom stereocenters. The average molecular weight is 480 g/mol. The van der Waals surface area contributed by atoms with Crippen LogP contribution in [0.25, 0.3) is 0 Å². The van der Waals surface area contributed by atoms with Gasteiger partial charge in [-0.2, -0.15) is 13.2 Å². The molecule has 0 bridgehead atoms. The number of amides is 3. The second-order valence-electron chi connectivity index (χ2n) is 8.02. The molecule has 2 fully saturated rings. The van der Waals surface area contributed by atoms with Crippen LogP contribution in [-0.2, 0) is 15.8 Å². The maximum atomic E-state index is 13.3. The van der Waals surface area contributed by atoms with E-state index in [1.165, 1.54) is 21.9 Å². The van der Waals surface area contributed by atoms with Gasteiger partial charge in [-0.1, -0.05) is 35.9 Å². The number of carbonyl (C=O) groups is 3. The summed E-state index contributed by atoms with van der Waals surface area (Å²) in [6, 6.07) is 11.6. The van der Waals surface area contributed by atoms with Gasteiger partial charge in [-0.15, -0.1) is 0 Å². The number of piperazine rings is 1. The lowest BCUT2D eigenvalue weighted by Crippen LogP contribution is -2.52. The number of hydrogen-bond acceptors (Lipinski definition) is 3. The standard InChI is InChI=1S/C23H21ClF3N3O3/c24-18-7-3-4-8-19(18)30-14-15(13-20(30)31)21(32)28-9-11-29(12-10-28)22(33)16-5-1-2-6-17(16)23(25,26)27/h1-8,15H,9-14H2. The molecule has 0 radical (unpaired) electrons. The molecule has 2 saturated heterocycles. The van der Waals surface area contributed by atoms with Gasteiger partial charge in [-0.25, -0.2) is 0 Å². The van der Waals surface area contributed by atoms with Gasteiger partial charge in [0.1, 0.15) is 0 Å². The van der Waals surface area contributed by atoms with E-state index in [2.05, 4.69) is 0 Å². The van der Waals surface area contributed by atoms with Crippen LogP contribution in [0.4, 0.5) is 18.9 Å². The van der Waals surface area contributed by atoms with Gasteiger partial charge in [0, 0.05) is 39.1 Å². The molecule has 2 aliphatic rings. The first-order valence-corrected chi connectivity index (χ1v) is 10.8. The number of alkyl halides is 3. The van der Waals surface area contributed by atoms with Gasteiger partial charge in [-0.05, 0) is 24.3 Å². The zero-order valence-corrected chi connectivity index (χ0v) is 18.3. The number of rotatable bonds is 3. The number of para-hydroxylation sites is 1. The molecule has 4 rings (SSSR count). The molecule has 0 aliphatic carbocycles. The van der Waals surface area contributed by atoms with Crippen molar-refractivity contribution < 1.29 is 27.6 Å². The van der Waals surface area contributed by atoms with E-state index in [0.717, 1.165) is 12.1 Å². The maximum Gasteiger partial charge on any atom is 0.417 e. The Balaban J connectivity index is 1.39. The van der Waals surface area contributed by atoms with E-state index in [0.29, 0.717) is 10.7 Å². The Kier molecular flexibility index (Phi) is 6.34. The van der Waals surface area contributed by atoms with Gasteiger partial charge in [0.2, 0.25) is 11.8 Å². The fourth-order valence-corrected chi connectivity index (χ4v) is 4.49. The molecule has 1 atom stereocenters. The highest BCUT2D eigenvalue weighted by Gasteiger charge is 2.40. The van der Waals surface area contributed by atoms with Crippen molar-refractivity contribution in [3.8, 4) is 0 Å². The number of benzene rings is 2. The van der Waals surface area contributed by atoms with E-state index in [1.807, 2.05) is 0 Å². The molecule has 0 N–H and O–H groups in total. The van der Waals surface area contributed by atoms with Crippen LogP contribution in [0.2, 0.25) is 5.02 Å². The topological polar surface area (TPSA) is 60.9 Å². The van der Waals surface area contributed by atoms with Crippen molar-refractivity contribution in [2.45, 2.75) is 12.6 Å². The molecular weight excluding hydrogens is 459 g/mol. The predicted octanol–water partition coefficient (Wildman–Crippen LogP) is 3.70. The first-order chi connectivity index (χ1) is 15.7. The number of anilines is 1. The van der Waals surface area contributed by atoms with Gasteiger partial charge >= 0.3 is 6.18 Å². The van der Waals surface area contributed by atoms with Crippen LogP contribution < -0.4 is 4.90 Å². The summed E-state index contributed by atoms with van der Waals surface area (Å²) < 4.78 is 39.8. The van der Waals surface area contributed by atoms with Crippen LogP contribution in [0.15, 0.2) is 48.5 Å². The third-order valence-corrected chi connectivity index (χ3v) is 6.28. The van der Waals surface area contributed by atoms with E-state index >= 15 is 0 Å². The van der Waals surface area contributed by atoms with Crippen molar-refractivity contribution in [1.29, 1.82) is 0 Å². The summed E-state index contributed by atoms with van der Waals surface area (Å²) in [5, 5.41) is 0.421. The van der Waals surface area contributed by atoms with Gasteiger partial charge in [0.25, 0.3) is 5.91 Å². The summed E-state index contributed by atoms with van der Waals surface area (Å²) >= 11 is 6.18. The summed E-state index contributed by atoms with van der Waals surface area (Å²) in [4.78, 5) is 42.6. The van der Waals surface area contributed by atoms with Gasteiger partial charge in [0.05, 0.1) is 27.8 Å². The van der Waals surface area contributed by atoms with E-state index in [-0.39, 0.29) is 51.0 Å². The molecule has 33 heavy (non-hydrogen) atoms. The van der Waals surface area contributed by atoms with Crippen LogP contribution in [0.1, 0.15) is 22.3 Å². The molecular formula is C23H21ClF3N3O3. The van der Waals surface area contributed by atoms with Gasteiger partial charge in [0.15, 0.2) is 0 Å². The number of carbonyl (C=O) groups excluding carboxylic acids is 3. The van der Waals surface area contributed by atoms with E-state index in [1.54, 1.807) is 29.2 Å². The summed E-state index contributed by atoms with van der Waals surface area (Å²) in [5.41, 5.74) is -0.822. The Morgan fingerprint density at radius 1 is 0.909 bits per heavy atom. The quantitative estimate of drug-likeness (QED) is 0.674. The molecule has 2 aromatic carbocycles. The zero-order chi connectivity index (χ0) is 23.8. The Bertz CT molecular complexity index is 1080. The van der Waals surface area contributed by atoms with E-state index < -0.39 is 29.1 Å². The Morgan fingerprint density at radius 3 is 2.18 bits per heavy atom. The number of hydrogen-bond donors (Lipinski definition) is 0. The number of nitrogens with zero attached hydrogens (tertiary/aromatic N) is 3. The second kappa shape index (κ2) is 9.05. The summed E-state index contributed by atoms with van der Waals surface area (Å²) in [5.74, 6) is -1.65. The molecule has 0 saturated carbocycles. The molecule has 2 heterocycles. The Hall–Kier alpha value is -3.07. The SMILES string of the molecule is O=C(c1ccccc1C(F)(F)F)N1CCN(C(=O)C2CC(=O)N(c3ccccc3Cl)C2)CC1. The smallest absolute Gasteiger partial charge is 0.339 e. The van der Waals surface area contributed by atoms with Crippen molar-refractivity contribution in [2.24, 2.45) is 5.92 Å². The lowest BCUT2D eigenvalue weighted by atomic mass is 10.0. The fourth-order valence-electron chi connectivity index (χ4n) is 4.25. The van der Waals surface area contributed by atoms with Crippen molar-refractivity contribution in [3.63, 3.8) is 0 Å². The van der Waals surface area contributed by atoms with Crippen LogP contribution in [-0.4, -0.2) is 60.2 Å². The van der Waals surface area contributed by atoms with Crippen LogP contribution >= 0.6 is 11.6 Å². The predicted molar refractivity (Wildman–Crippen MR) is 116 cm³/mol. The minimum atomic E-state index is -4.63. The summed E-state index contributed by atoms with van der Waals surface area (Å²) in [6.07, 6.45) is -4.57. The number of halogens is 4. The van der Waals surface area contributed by atoms with Crippen LogP contribution in [0.5, 0.6) is 0 Å². The largest absolute Gasteiger partial charge is 0.417 e. The summed E-state index contributed by atoms with van der Waals surface area (Å²) in [7, 11) is 0. The molecule has 2 aromatic rings. The molecule has 174 valence electrons. The molecule has 0 aromatic heterocycles.